The van der Waals surface area contributed by atoms with Crippen molar-refractivity contribution in [1.82, 2.24) is 5.32 Å². The summed E-state index contributed by atoms with van der Waals surface area (Å²) in [5.74, 6) is -0.457. The minimum absolute atomic E-state index is 0.0663. The van der Waals surface area contributed by atoms with Crippen molar-refractivity contribution in [2.75, 3.05) is 29.9 Å². The summed E-state index contributed by atoms with van der Waals surface area (Å²) >= 11 is 3.79. The number of para-hydroxylation sites is 2. The molecule has 4 N–H and O–H groups in total. The standard InChI is InChI=1S/C26H29BrN4O/c1-17-7-4-5-10-22(17)30-24-19(8-6-9-20(24)25(28)32)18-11-12-23(21(27)15-18)31-14-13-29-26(2,3)16-31/h4-12,15,29-30H,13-14,16H2,1-3H3,(H2,28,32). The molecule has 0 bridgehead atoms. The van der Waals surface area contributed by atoms with Gasteiger partial charge < -0.3 is 21.3 Å². The third-order valence-corrected chi connectivity index (χ3v) is 6.54. The first-order valence-electron chi connectivity index (χ1n) is 10.8. The minimum atomic E-state index is -0.457. The highest BCUT2D eigenvalue weighted by Crippen LogP contribution is 2.38. The van der Waals surface area contributed by atoms with Crippen LogP contribution in [0, 0.1) is 6.92 Å². The smallest absolute Gasteiger partial charge is 0.250 e. The molecule has 0 atom stereocenters. The lowest BCUT2D eigenvalue weighted by atomic mass is 9.97. The molecule has 1 aliphatic heterocycles. The first-order chi connectivity index (χ1) is 15.2. The van der Waals surface area contributed by atoms with E-state index in [1.807, 2.05) is 43.3 Å². The number of piperazine rings is 1. The number of benzene rings is 3. The lowest BCUT2D eigenvalue weighted by Gasteiger charge is -2.40. The Morgan fingerprint density at radius 1 is 1.12 bits per heavy atom. The first kappa shape index (κ1) is 22.4. The summed E-state index contributed by atoms with van der Waals surface area (Å²) in [6.45, 7) is 9.32. The topological polar surface area (TPSA) is 70.4 Å². The predicted molar refractivity (Wildman–Crippen MR) is 137 cm³/mol. The summed E-state index contributed by atoms with van der Waals surface area (Å²) in [5, 5.41) is 7.02. The van der Waals surface area contributed by atoms with E-state index in [2.05, 4.69) is 63.5 Å². The van der Waals surface area contributed by atoms with Crippen molar-refractivity contribution < 1.29 is 4.79 Å². The number of hydrogen-bond acceptors (Lipinski definition) is 4. The van der Waals surface area contributed by atoms with E-state index in [0.29, 0.717) is 5.56 Å². The van der Waals surface area contributed by atoms with Gasteiger partial charge >= 0.3 is 0 Å². The average molecular weight is 493 g/mol. The van der Waals surface area contributed by atoms with Gasteiger partial charge in [-0.3, -0.25) is 4.79 Å². The Kier molecular flexibility index (Phi) is 6.26. The summed E-state index contributed by atoms with van der Waals surface area (Å²) < 4.78 is 1.03. The zero-order valence-corrected chi connectivity index (χ0v) is 20.3. The number of carbonyl (C=O) groups is 1. The van der Waals surface area contributed by atoms with Crippen LogP contribution in [-0.2, 0) is 0 Å². The molecule has 0 unspecified atom stereocenters. The Morgan fingerprint density at radius 3 is 2.59 bits per heavy atom. The van der Waals surface area contributed by atoms with Crippen molar-refractivity contribution in [2.45, 2.75) is 26.3 Å². The number of nitrogens with one attached hydrogen (secondary N) is 2. The molecule has 0 aliphatic carbocycles. The Balaban J connectivity index is 1.75. The zero-order valence-electron chi connectivity index (χ0n) is 18.7. The van der Waals surface area contributed by atoms with Crippen molar-refractivity contribution in [3.8, 4) is 11.1 Å². The van der Waals surface area contributed by atoms with Crippen LogP contribution in [0.5, 0.6) is 0 Å². The van der Waals surface area contributed by atoms with Gasteiger partial charge in [-0.2, -0.15) is 0 Å². The van der Waals surface area contributed by atoms with Crippen molar-refractivity contribution in [3.63, 3.8) is 0 Å². The quantitative estimate of drug-likeness (QED) is 0.442. The second-order valence-corrected chi connectivity index (χ2v) is 9.79. The van der Waals surface area contributed by atoms with Crippen LogP contribution in [0.4, 0.5) is 17.1 Å². The number of amides is 1. The lowest BCUT2D eigenvalue weighted by Crippen LogP contribution is -2.57. The maximum absolute atomic E-state index is 12.2. The van der Waals surface area contributed by atoms with Crippen molar-refractivity contribution >= 4 is 38.9 Å². The molecule has 1 heterocycles. The molecule has 0 spiro atoms. The summed E-state index contributed by atoms with van der Waals surface area (Å²) in [7, 11) is 0. The molecule has 166 valence electrons. The molecule has 3 aromatic carbocycles. The van der Waals surface area contributed by atoms with Crippen LogP contribution in [0.1, 0.15) is 29.8 Å². The third kappa shape index (κ3) is 4.66. The van der Waals surface area contributed by atoms with E-state index >= 15 is 0 Å². The highest BCUT2D eigenvalue weighted by Gasteiger charge is 2.27. The second-order valence-electron chi connectivity index (χ2n) is 8.93. The second kappa shape index (κ2) is 8.96. The Hall–Kier alpha value is -2.83. The van der Waals surface area contributed by atoms with Gasteiger partial charge in [-0.25, -0.2) is 0 Å². The maximum atomic E-state index is 12.2. The number of nitrogens with two attached hydrogens (primary N) is 1. The number of nitrogens with zero attached hydrogens (tertiary/aromatic N) is 1. The van der Waals surface area contributed by atoms with Crippen LogP contribution >= 0.6 is 15.9 Å². The van der Waals surface area contributed by atoms with E-state index in [1.54, 1.807) is 6.07 Å². The Morgan fingerprint density at radius 2 is 1.91 bits per heavy atom. The number of carbonyl (C=O) groups excluding carboxylic acids is 1. The summed E-state index contributed by atoms with van der Waals surface area (Å²) in [6.07, 6.45) is 0. The van der Waals surface area contributed by atoms with E-state index in [-0.39, 0.29) is 5.54 Å². The molecule has 0 saturated carbocycles. The molecular formula is C26H29BrN4O. The molecule has 1 saturated heterocycles. The van der Waals surface area contributed by atoms with E-state index in [0.717, 1.165) is 52.2 Å². The third-order valence-electron chi connectivity index (χ3n) is 5.91. The summed E-state index contributed by atoms with van der Waals surface area (Å²) in [5.41, 5.74) is 12.1. The average Bonchev–Trinajstić information content (AvgIpc) is 2.74. The van der Waals surface area contributed by atoms with Gasteiger partial charge in [0.05, 0.1) is 16.9 Å². The highest BCUT2D eigenvalue weighted by atomic mass is 79.9. The molecule has 1 aliphatic rings. The normalized spacial score (nSPS) is 15.4. The maximum Gasteiger partial charge on any atom is 0.250 e. The monoisotopic (exact) mass is 492 g/mol. The Bertz CT molecular complexity index is 1160. The number of rotatable bonds is 5. The fraction of sp³-hybridized carbons (Fsp3) is 0.269. The van der Waals surface area contributed by atoms with Gasteiger partial charge in [0.1, 0.15) is 0 Å². The number of hydrogen-bond donors (Lipinski definition) is 3. The first-order valence-corrected chi connectivity index (χ1v) is 11.6. The summed E-state index contributed by atoms with van der Waals surface area (Å²) in [4.78, 5) is 14.6. The molecule has 4 rings (SSSR count). The zero-order chi connectivity index (χ0) is 22.9. The molecule has 32 heavy (non-hydrogen) atoms. The molecular weight excluding hydrogens is 464 g/mol. The molecule has 1 fully saturated rings. The van der Waals surface area contributed by atoms with Gasteiger partial charge in [0.2, 0.25) is 0 Å². The fourth-order valence-electron chi connectivity index (χ4n) is 4.26. The minimum Gasteiger partial charge on any atom is -0.368 e. The molecule has 5 nitrogen and oxygen atoms in total. The van der Waals surface area contributed by atoms with E-state index in [1.165, 1.54) is 5.69 Å². The van der Waals surface area contributed by atoms with Crippen molar-refractivity contribution in [1.29, 1.82) is 0 Å². The van der Waals surface area contributed by atoms with Gasteiger partial charge in [-0.1, -0.05) is 36.4 Å². The van der Waals surface area contributed by atoms with Crippen molar-refractivity contribution in [2.24, 2.45) is 5.73 Å². The van der Waals surface area contributed by atoms with E-state index in [9.17, 15) is 4.79 Å². The SMILES string of the molecule is Cc1ccccc1Nc1c(C(N)=O)cccc1-c1ccc(N2CCNC(C)(C)C2)c(Br)c1. The predicted octanol–water partition coefficient (Wildman–Crippen LogP) is 5.46. The van der Waals surface area contributed by atoms with Crippen LogP contribution < -0.4 is 21.3 Å². The van der Waals surface area contributed by atoms with Crippen LogP contribution in [0.15, 0.2) is 65.1 Å². The molecule has 0 aromatic heterocycles. The largest absolute Gasteiger partial charge is 0.368 e. The van der Waals surface area contributed by atoms with E-state index in [4.69, 9.17) is 5.73 Å². The van der Waals surface area contributed by atoms with Gasteiger partial charge in [0.25, 0.3) is 5.91 Å². The molecule has 6 heteroatoms. The van der Waals surface area contributed by atoms with Crippen molar-refractivity contribution in [3.05, 3.63) is 76.3 Å². The van der Waals surface area contributed by atoms with Crippen LogP contribution in [-0.4, -0.2) is 31.1 Å². The molecule has 1 amide bonds. The van der Waals surface area contributed by atoms with Gasteiger partial charge in [-0.15, -0.1) is 0 Å². The Labute approximate surface area is 198 Å². The van der Waals surface area contributed by atoms with Crippen LogP contribution in [0.3, 0.4) is 0 Å². The van der Waals surface area contributed by atoms with E-state index < -0.39 is 5.91 Å². The van der Waals surface area contributed by atoms with Gasteiger partial charge in [-0.05, 0) is 72.1 Å². The lowest BCUT2D eigenvalue weighted by molar-refractivity contribution is 0.100. The molecule has 0 radical (unpaired) electrons. The van der Waals surface area contributed by atoms with Gasteiger partial charge in [0.15, 0.2) is 0 Å². The highest BCUT2D eigenvalue weighted by molar-refractivity contribution is 9.10. The molecule has 3 aromatic rings. The summed E-state index contributed by atoms with van der Waals surface area (Å²) in [6, 6.07) is 20.0. The van der Waals surface area contributed by atoms with Crippen LogP contribution in [0.25, 0.3) is 11.1 Å². The fourth-order valence-corrected chi connectivity index (χ4v) is 4.89. The van der Waals surface area contributed by atoms with Crippen LogP contribution in [0.2, 0.25) is 0 Å². The van der Waals surface area contributed by atoms with Gasteiger partial charge in [0, 0.05) is 40.9 Å². The number of primary amides is 1. The number of aryl methyl sites for hydroxylation is 1. The number of anilines is 3. The number of halogens is 1.